The molecule has 2 atom stereocenters. The van der Waals surface area contributed by atoms with Crippen LogP contribution in [0.3, 0.4) is 0 Å². The first-order valence-electron chi connectivity index (χ1n) is 2.69. The number of nitrogens with two attached hydrogens (primary N) is 1. The maximum absolute atomic E-state index is 8.45. The van der Waals surface area contributed by atoms with E-state index in [1.54, 1.807) is 0 Å². The Bertz CT molecular complexity index is 57.1. The standard InChI is InChI=1S/C5H11NO/c6-2-4-1-5(4)3-7/h4-5,7H,1-3,6H2/t4?,5-/m1/s1. The molecule has 42 valence electrons. The Kier molecular flexibility index (Phi) is 1.30. The summed E-state index contributed by atoms with van der Waals surface area (Å²) < 4.78 is 0. The Morgan fingerprint density at radius 1 is 1.57 bits per heavy atom. The quantitative estimate of drug-likeness (QED) is 0.496. The van der Waals surface area contributed by atoms with E-state index in [1.807, 2.05) is 0 Å². The molecule has 0 bridgehead atoms. The van der Waals surface area contributed by atoms with Gasteiger partial charge in [0.25, 0.3) is 0 Å². The van der Waals surface area contributed by atoms with Crippen LogP contribution in [0.2, 0.25) is 0 Å². The summed E-state index contributed by atoms with van der Waals surface area (Å²) >= 11 is 0. The second kappa shape index (κ2) is 1.80. The molecule has 1 saturated carbocycles. The summed E-state index contributed by atoms with van der Waals surface area (Å²) in [5.74, 6) is 1.19. The Morgan fingerprint density at radius 2 is 2.29 bits per heavy atom. The van der Waals surface area contributed by atoms with Crippen molar-refractivity contribution in [3.8, 4) is 0 Å². The van der Waals surface area contributed by atoms with Gasteiger partial charge in [0.1, 0.15) is 0 Å². The van der Waals surface area contributed by atoms with Gasteiger partial charge in [-0.05, 0) is 24.8 Å². The minimum absolute atomic E-state index is 0.335. The summed E-state index contributed by atoms with van der Waals surface area (Å²) in [6.45, 7) is 1.09. The SMILES string of the molecule is NCC1C[C@@H]1CO. The van der Waals surface area contributed by atoms with Crippen LogP contribution in [0, 0.1) is 11.8 Å². The van der Waals surface area contributed by atoms with Gasteiger partial charge in [-0.3, -0.25) is 0 Å². The highest BCUT2D eigenvalue weighted by Crippen LogP contribution is 2.36. The van der Waals surface area contributed by atoms with Gasteiger partial charge in [0.15, 0.2) is 0 Å². The van der Waals surface area contributed by atoms with E-state index in [2.05, 4.69) is 0 Å². The van der Waals surface area contributed by atoms with Crippen LogP contribution in [0.1, 0.15) is 6.42 Å². The average Bonchev–Trinajstić information content (AvgIpc) is 2.43. The third-order valence-corrected chi connectivity index (χ3v) is 1.61. The first kappa shape index (κ1) is 5.06. The Hall–Kier alpha value is -0.0800. The molecule has 2 nitrogen and oxygen atoms in total. The van der Waals surface area contributed by atoms with Crippen LogP contribution >= 0.6 is 0 Å². The summed E-state index contributed by atoms with van der Waals surface area (Å²) in [7, 11) is 0. The highest BCUT2D eigenvalue weighted by Gasteiger charge is 2.34. The van der Waals surface area contributed by atoms with Crippen LogP contribution < -0.4 is 5.73 Å². The molecule has 0 aromatic rings. The lowest BCUT2D eigenvalue weighted by atomic mass is 10.3. The molecule has 1 aliphatic carbocycles. The summed E-state index contributed by atoms with van der Waals surface area (Å²) in [5, 5.41) is 8.45. The molecule has 1 fully saturated rings. The molecular weight excluding hydrogens is 90.1 g/mol. The molecule has 3 N–H and O–H groups in total. The van der Waals surface area contributed by atoms with Crippen molar-refractivity contribution in [2.45, 2.75) is 6.42 Å². The van der Waals surface area contributed by atoms with Crippen LogP contribution in [0.25, 0.3) is 0 Å². The second-order valence-corrected chi connectivity index (χ2v) is 2.17. The van der Waals surface area contributed by atoms with Crippen molar-refractivity contribution in [1.29, 1.82) is 0 Å². The van der Waals surface area contributed by atoms with E-state index in [9.17, 15) is 0 Å². The molecular formula is C5H11NO. The fourth-order valence-electron chi connectivity index (χ4n) is 0.823. The van der Waals surface area contributed by atoms with Gasteiger partial charge >= 0.3 is 0 Å². The van der Waals surface area contributed by atoms with Gasteiger partial charge in [-0.15, -0.1) is 0 Å². The minimum Gasteiger partial charge on any atom is -0.396 e. The van der Waals surface area contributed by atoms with Gasteiger partial charge in [-0.25, -0.2) is 0 Å². The smallest absolute Gasteiger partial charge is 0.0462 e. The summed E-state index contributed by atoms with van der Waals surface area (Å²) in [4.78, 5) is 0. The Labute approximate surface area is 43.3 Å². The molecule has 1 aliphatic rings. The van der Waals surface area contributed by atoms with E-state index < -0.39 is 0 Å². The van der Waals surface area contributed by atoms with E-state index in [0.29, 0.717) is 18.4 Å². The third kappa shape index (κ3) is 0.924. The van der Waals surface area contributed by atoms with Crippen LogP contribution in [0.5, 0.6) is 0 Å². The van der Waals surface area contributed by atoms with Crippen molar-refractivity contribution in [3.05, 3.63) is 0 Å². The molecule has 0 aromatic carbocycles. The van der Waals surface area contributed by atoms with Crippen LogP contribution in [-0.2, 0) is 0 Å². The van der Waals surface area contributed by atoms with Gasteiger partial charge in [0.05, 0.1) is 0 Å². The largest absolute Gasteiger partial charge is 0.396 e. The first-order chi connectivity index (χ1) is 3.38. The molecule has 0 spiro atoms. The molecule has 0 amide bonds. The Morgan fingerprint density at radius 3 is 2.43 bits per heavy atom. The van der Waals surface area contributed by atoms with Crippen LogP contribution in [0.15, 0.2) is 0 Å². The molecule has 0 aliphatic heterocycles. The molecule has 0 aromatic heterocycles. The zero-order valence-corrected chi connectivity index (χ0v) is 4.30. The van der Waals surface area contributed by atoms with E-state index in [-0.39, 0.29) is 0 Å². The fraction of sp³-hybridized carbons (Fsp3) is 1.00. The van der Waals surface area contributed by atoms with Crippen molar-refractivity contribution >= 4 is 0 Å². The molecule has 1 rings (SSSR count). The van der Waals surface area contributed by atoms with Gasteiger partial charge in [0.2, 0.25) is 0 Å². The van der Waals surface area contributed by atoms with Crippen LogP contribution in [-0.4, -0.2) is 18.3 Å². The van der Waals surface area contributed by atoms with Crippen molar-refractivity contribution in [1.82, 2.24) is 0 Å². The second-order valence-electron chi connectivity index (χ2n) is 2.17. The first-order valence-corrected chi connectivity index (χ1v) is 2.69. The fourth-order valence-corrected chi connectivity index (χ4v) is 0.823. The maximum atomic E-state index is 8.45. The predicted octanol–water partition coefficient (Wildman–Crippen LogP) is -0.426. The molecule has 1 unspecified atom stereocenters. The van der Waals surface area contributed by atoms with Crippen molar-refractivity contribution in [2.24, 2.45) is 17.6 Å². The zero-order chi connectivity index (χ0) is 5.28. The molecule has 2 heteroatoms. The zero-order valence-electron chi connectivity index (χ0n) is 4.30. The lowest BCUT2D eigenvalue weighted by molar-refractivity contribution is 0.269. The molecule has 0 saturated heterocycles. The summed E-state index contributed by atoms with van der Waals surface area (Å²) in [5.41, 5.74) is 5.29. The number of aliphatic hydroxyl groups is 1. The third-order valence-electron chi connectivity index (χ3n) is 1.61. The lowest BCUT2D eigenvalue weighted by Gasteiger charge is -1.85. The molecule has 7 heavy (non-hydrogen) atoms. The van der Waals surface area contributed by atoms with E-state index >= 15 is 0 Å². The normalized spacial score (nSPS) is 38.6. The summed E-state index contributed by atoms with van der Waals surface area (Å²) in [6, 6.07) is 0. The average molecular weight is 101 g/mol. The highest BCUT2D eigenvalue weighted by atomic mass is 16.3. The monoisotopic (exact) mass is 101 g/mol. The van der Waals surface area contributed by atoms with Gasteiger partial charge in [-0.1, -0.05) is 0 Å². The number of hydrogen-bond donors (Lipinski definition) is 2. The predicted molar refractivity (Wildman–Crippen MR) is 27.7 cm³/mol. The number of aliphatic hydroxyl groups excluding tert-OH is 1. The summed E-state index contributed by atoms with van der Waals surface area (Å²) in [6.07, 6.45) is 1.15. The minimum atomic E-state index is 0.335. The molecule has 0 radical (unpaired) electrons. The number of hydrogen-bond acceptors (Lipinski definition) is 2. The van der Waals surface area contributed by atoms with E-state index in [0.717, 1.165) is 13.0 Å². The van der Waals surface area contributed by atoms with Gasteiger partial charge < -0.3 is 10.8 Å². The van der Waals surface area contributed by atoms with Crippen molar-refractivity contribution in [2.75, 3.05) is 13.2 Å². The van der Waals surface area contributed by atoms with E-state index in [4.69, 9.17) is 10.8 Å². The lowest BCUT2D eigenvalue weighted by Crippen LogP contribution is -2.03. The topological polar surface area (TPSA) is 46.2 Å². The Balaban J connectivity index is 2.06. The number of rotatable bonds is 2. The van der Waals surface area contributed by atoms with Crippen molar-refractivity contribution in [3.63, 3.8) is 0 Å². The maximum Gasteiger partial charge on any atom is 0.0462 e. The highest BCUT2D eigenvalue weighted by molar-refractivity contribution is 4.85. The van der Waals surface area contributed by atoms with Crippen LogP contribution in [0.4, 0.5) is 0 Å². The van der Waals surface area contributed by atoms with Crippen molar-refractivity contribution < 1.29 is 5.11 Å². The van der Waals surface area contributed by atoms with Gasteiger partial charge in [-0.2, -0.15) is 0 Å². The van der Waals surface area contributed by atoms with Gasteiger partial charge in [0, 0.05) is 6.61 Å². The van der Waals surface area contributed by atoms with E-state index in [1.165, 1.54) is 0 Å². The molecule has 0 heterocycles.